The van der Waals surface area contributed by atoms with E-state index in [1.54, 1.807) is 0 Å². The summed E-state index contributed by atoms with van der Waals surface area (Å²) in [6.07, 6.45) is 9.00. The molecule has 0 amide bonds. The molecule has 8 aromatic carbocycles. The molecule has 348 valence electrons. The molecule has 2 saturated carbocycles. The fourth-order valence-electron chi connectivity index (χ4n) is 11.4. The lowest BCUT2D eigenvalue weighted by molar-refractivity contribution is 0.139. The van der Waals surface area contributed by atoms with Gasteiger partial charge in [0.2, 0.25) is 0 Å². The Balaban J connectivity index is 0.944. The van der Waals surface area contributed by atoms with E-state index >= 15 is 0 Å². The zero-order valence-corrected chi connectivity index (χ0v) is 43.8. The topological polar surface area (TPSA) is 6.48 Å². The second-order valence-corrected chi connectivity index (χ2v) is 28.2. The summed E-state index contributed by atoms with van der Waals surface area (Å²) in [5, 5.41) is 11.5. The van der Waals surface area contributed by atoms with Crippen LogP contribution in [-0.2, 0) is 0 Å². The largest absolute Gasteiger partial charge is 0.241 e. The van der Waals surface area contributed by atoms with Gasteiger partial charge in [-0.2, -0.15) is 0 Å². The van der Waals surface area contributed by atoms with Crippen molar-refractivity contribution in [2.75, 3.05) is 0 Å². The van der Waals surface area contributed by atoms with Crippen LogP contribution in [0.15, 0.2) is 243 Å². The van der Waals surface area contributed by atoms with Gasteiger partial charge in [0.15, 0.2) is 0 Å². The van der Waals surface area contributed by atoms with Crippen molar-refractivity contribution in [2.45, 2.75) is 70.9 Å². The molecule has 0 bridgehead atoms. The normalized spacial score (nSPS) is 20.8. The molecule has 2 fully saturated rings. The van der Waals surface area contributed by atoms with E-state index in [9.17, 15) is 0 Å². The van der Waals surface area contributed by atoms with Crippen LogP contribution >= 0.6 is 32.3 Å². The van der Waals surface area contributed by atoms with Crippen molar-refractivity contribution in [3.63, 3.8) is 0 Å². The second kappa shape index (κ2) is 23.5. The maximum absolute atomic E-state index is 3.08. The summed E-state index contributed by atoms with van der Waals surface area (Å²) in [5.74, 6) is 2.64. The summed E-state index contributed by atoms with van der Waals surface area (Å²) in [6, 6.07) is 92.8. The van der Waals surface area contributed by atoms with Crippen molar-refractivity contribution >= 4 is 74.7 Å². The highest BCUT2D eigenvalue weighted by molar-refractivity contribution is 7.85. The van der Waals surface area contributed by atoms with Gasteiger partial charge in [-0.15, -0.1) is 0 Å². The van der Waals surface area contributed by atoms with Crippen molar-refractivity contribution in [1.29, 1.82) is 0 Å². The van der Waals surface area contributed by atoms with Crippen molar-refractivity contribution in [3.05, 3.63) is 243 Å². The third kappa shape index (κ3) is 11.3. The summed E-state index contributed by atoms with van der Waals surface area (Å²) in [7, 11) is -3.27. The molecule has 69 heavy (non-hydrogen) atoms. The average Bonchev–Trinajstić information content (AvgIpc) is 3.41. The van der Waals surface area contributed by atoms with Crippen LogP contribution in [-0.4, -0.2) is 21.0 Å². The summed E-state index contributed by atoms with van der Waals surface area (Å²) >= 11 is 0. The molecule has 0 saturated heterocycles. The smallest absolute Gasteiger partial charge is 0.0325 e. The van der Waals surface area contributed by atoms with E-state index in [1.165, 1.54) is 87.4 Å². The standard InChI is InChI=1S/C63H66N2P4/c1-50-47-52(43-45-62(50)64(66(54-27-11-3-12-28-54)55-29-13-4-14-30-55)67(56-31-15-5-16-32-56)57-33-17-6-18-34-57)49-53-44-46-63(51(2)48-53)65(68(58-35-19-7-20-36-58)59-37-21-8-22-38-59)69(60-39-23-9-24-40-60)61-41-25-10-26-42-61/h3-42,50-53,62-63H,43-49H2,1-2H3. The maximum Gasteiger partial charge on any atom is 0.0325 e. The minimum atomic E-state index is -0.817. The van der Waals surface area contributed by atoms with Gasteiger partial charge in [-0.05, 0) is 111 Å². The Morgan fingerprint density at radius 2 is 0.478 bits per heavy atom. The lowest BCUT2D eigenvalue weighted by atomic mass is 9.71. The number of hydrogen-bond donors (Lipinski definition) is 0. The lowest BCUT2D eigenvalue weighted by Crippen LogP contribution is -2.45. The van der Waals surface area contributed by atoms with Crippen molar-refractivity contribution in [2.24, 2.45) is 23.7 Å². The van der Waals surface area contributed by atoms with Crippen LogP contribution in [0, 0.1) is 23.7 Å². The first-order valence-corrected chi connectivity index (χ1v) is 30.5. The van der Waals surface area contributed by atoms with Gasteiger partial charge < -0.3 is 0 Å². The number of nitrogens with zero attached hydrogens (tertiary/aromatic N) is 2. The summed E-state index contributed by atoms with van der Waals surface area (Å²) < 4.78 is 6.16. The van der Waals surface area contributed by atoms with Gasteiger partial charge in [0.05, 0.1) is 0 Å². The van der Waals surface area contributed by atoms with Crippen LogP contribution in [0.1, 0.15) is 58.8 Å². The van der Waals surface area contributed by atoms with Crippen LogP contribution in [0.3, 0.4) is 0 Å². The molecule has 2 nitrogen and oxygen atoms in total. The third-order valence-electron chi connectivity index (χ3n) is 14.6. The van der Waals surface area contributed by atoms with Gasteiger partial charge in [-0.3, -0.25) is 0 Å². The first-order valence-electron chi connectivity index (χ1n) is 25.3. The summed E-state index contributed by atoms with van der Waals surface area (Å²) in [5.41, 5.74) is 0. The fraction of sp³-hybridized carbons (Fsp3) is 0.238. The molecule has 0 N–H and O–H groups in total. The molecule has 0 aliphatic heterocycles. The van der Waals surface area contributed by atoms with Gasteiger partial charge in [0, 0.05) is 44.4 Å². The predicted octanol–water partition coefficient (Wildman–Crippen LogP) is 13.8. The SMILES string of the molecule is CC1CC(CC2CCC(N(P(c3ccccc3)c3ccccc3)P(c3ccccc3)c3ccccc3)C(C)C2)CCC1N(P(c1ccccc1)c1ccccc1)P(c1ccccc1)c1ccccc1. The molecular formula is C63H66N2P4. The van der Waals surface area contributed by atoms with Gasteiger partial charge in [0.25, 0.3) is 0 Å². The highest BCUT2D eigenvalue weighted by atomic mass is 31.2. The summed E-state index contributed by atoms with van der Waals surface area (Å²) in [4.78, 5) is 0. The minimum absolute atomic E-state index is 0.466. The lowest BCUT2D eigenvalue weighted by Gasteiger charge is -2.50. The Kier molecular flexibility index (Phi) is 16.4. The molecule has 0 spiro atoms. The maximum atomic E-state index is 3.08. The van der Waals surface area contributed by atoms with E-state index in [1.807, 2.05) is 0 Å². The predicted molar refractivity (Wildman–Crippen MR) is 305 cm³/mol. The number of rotatable bonds is 16. The van der Waals surface area contributed by atoms with Gasteiger partial charge in [-0.1, -0.05) is 257 Å². The minimum Gasteiger partial charge on any atom is -0.241 e. The van der Waals surface area contributed by atoms with E-state index in [0.717, 1.165) is 11.8 Å². The van der Waals surface area contributed by atoms with Crippen LogP contribution < -0.4 is 42.4 Å². The number of hydrogen-bond acceptors (Lipinski definition) is 2. The molecule has 8 aromatic rings. The van der Waals surface area contributed by atoms with Crippen molar-refractivity contribution in [3.8, 4) is 0 Å². The second-order valence-electron chi connectivity index (χ2n) is 19.3. The number of benzene rings is 8. The highest BCUT2D eigenvalue weighted by Crippen LogP contribution is 2.61. The fourth-order valence-corrected chi connectivity index (χ4v) is 24.6. The van der Waals surface area contributed by atoms with Crippen LogP contribution in [0.4, 0.5) is 0 Å². The third-order valence-corrected chi connectivity index (χ3v) is 25.8. The first-order chi connectivity index (χ1) is 34.1. The van der Waals surface area contributed by atoms with Crippen LogP contribution in [0.5, 0.6) is 0 Å². The van der Waals surface area contributed by atoms with Crippen molar-refractivity contribution in [1.82, 2.24) is 8.88 Å². The van der Waals surface area contributed by atoms with E-state index in [4.69, 9.17) is 0 Å². The Morgan fingerprint density at radius 3 is 0.652 bits per heavy atom. The molecule has 2 aliphatic carbocycles. The van der Waals surface area contributed by atoms with E-state index in [2.05, 4.69) is 265 Å². The zero-order chi connectivity index (χ0) is 46.8. The van der Waals surface area contributed by atoms with E-state index in [-0.39, 0.29) is 0 Å². The van der Waals surface area contributed by atoms with Crippen molar-refractivity contribution < 1.29 is 0 Å². The average molecular weight is 975 g/mol. The molecule has 0 aromatic heterocycles. The molecular weight excluding hydrogens is 909 g/mol. The molecule has 6 atom stereocenters. The van der Waals surface area contributed by atoms with E-state index in [0.29, 0.717) is 23.9 Å². The zero-order valence-electron chi connectivity index (χ0n) is 40.2. The molecule has 6 unspecified atom stereocenters. The Morgan fingerprint density at radius 1 is 0.290 bits per heavy atom. The quantitative estimate of drug-likeness (QED) is 0.0891. The Bertz CT molecular complexity index is 2220. The first kappa shape index (κ1) is 48.0. The summed E-state index contributed by atoms with van der Waals surface area (Å²) in [6.45, 7) is 5.22. The monoisotopic (exact) mass is 974 g/mol. The molecule has 0 radical (unpaired) electrons. The van der Waals surface area contributed by atoms with Gasteiger partial charge >= 0.3 is 0 Å². The molecule has 0 heterocycles. The van der Waals surface area contributed by atoms with Gasteiger partial charge in [-0.25, -0.2) is 8.88 Å². The molecule has 10 rings (SSSR count). The highest BCUT2D eigenvalue weighted by Gasteiger charge is 2.44. The molecule has 2 aliphatic rings. The van der Waals surface area contributed by atoms with E-state index < -0.39 is 32.3 Å². The Labute approximate surface area is 418 Å². The van der Waals surface area contributed by atoms with Crippen LogP contribution in [0.2, 0.25) is 0 Å². The Hall–Kier alpha value is -4.60. The van der Waals surface area contributed by atoms with Crippen LogP contribution in [0.25, 0.3) is 0 Å². The molecule has 6 heteroatoms. The van der Waals surface area contributed by atoms with Gasteiger partial charge in [0.1, 0.15) is 0 Å².